The minimum Gasteiger partial charge on any atom is -0.493 e. The molecule has 1 aromatic rings. The first-order valence-corrected chi connectivity index (χ1v) is 10.4. The highest BCUT2D eigenvalue weighted by Gasteiger charge is 2.35. The fourth-order valence-electron chi connectivity index (χ4n) is 3.38. The van der Waals surface area contributed by atoms with Gasteiger partial charge in [-0.2, -0.15) is 0 Å². The summed E-state index contributed by atoms with van der Waals surface area (Å²) in [7, 11) is 0. The first-order valence-electron chi connectivity index (χ1n) is 10.4. The van der Waals surface area contributed by atoms with Gasteiger partial charge in [-0.3, -0.25) is 9.69 Å². The summed E-state index contributed by atoms with van der Waals surface area (Å²) in [5, 5.41) is 0. The summed E-state index contributed by atoms with van der Waals surface area (Å²) in [5.74, 6) is 1.24. The van der Waals surface area contributed by atoms with Crippen molar-refractivity contribution >= 4 is 5.91 Å². The van der Waals surface area contributed by atoms with Gasteiger partial charge in [0.25, 0.3) is 0 Å². The van der Waals surface area contributed by atoms with Crippen LogP contribution in [-0.4, -0.2) is 48.5 Å². The molecule has 1 heterocycles. The molecule has 0 unspecified atom stereocenters. The minimum atomic E-state index is -0.231. The van der Waals surface area contributed by atoms with E-state index in [9.17, 15) is 9.18 Å². The van der Waals surface area contributed by atoms with Crippen molar-refractivity contribution < 1.29 is 13.9 Å². The van der Waals surface area contributed by atoms with E-state index in [0.29, 0.717) is 30.4 Å². The third kappa shape index (κ3) is 6.49. The first kappa shape index (κ1) is 21.7. The number of carbonyl (C=O) groups excluding carboxylic acids is 1. The minimum absolute atomic E-state index is 0.0600. The summed E-state index contributed by atoms with van der Waals surface area (Å²) >= 11 is 0. The molecular formula is C22H35FN2O2. The Morgan fingerprint density at radius 2 is 1.93 bits per heavy atom. The average Bonchev–Trinajstić information content (AvgIpc) is 2.58. The van der Waals surface area contributed by atoms with Crippen molar-refractivity contribution in [1.29, 1.82) is 0 Å². The van der Waals surface area contributed by atoms with Gasteiger partial charge in [0.15, 0.2) is 0 Å². The lowest BCUT2D eigenvalue weighted by atomic mass is 9.97. The molecule has 4 nitrogen and oxygen atoms in total. The third-order valence-corrected chi connectivity index (χ3v) is 4.99. The van der Waals surface area contributed by atoms with Gasteiger partial charge < -0.3 is 9.64 Å². The maximum atomic E-state index is 14.4. The number of benzene rings is 1. The molecule has 0 N–H and O–H groups in total. The third-order valence-electron chi connectivity index (χ3n) is 4.99. The predicted octanol–water partition coefficient (Wildman–Crippen LogP) is 4.33. The summed E-state index contributed by atoms with van der Waals surface area (Å²) in [6, 6.07) is 5.11. The Kier molecular flexibility index (Phi) is 8.55. The molecule has 1 aliphatic heterocycles. The second-order valence-corrected chi connectivity index (χ2v) is 8.00. The van der Waals surface area contributed by atoms with Crippen LogP contribution < -0.4 is 4.74 Å². The maximum Gasteiger partial charge on any atom is 0.228 e. The number of nitrogens with zero attached hydrogens (tertiary/aromatic N) is 2. The number of hydrogen-bond acceptors (Lipinski definition) is 3. The Hall–Kier alpha value is -1.62. The molecule has 1 saturated heterocycles. The fraction of sp³-hybridized carbons (Fsp3) is 0.682. The Bertz CT molecular complexity index is 594. The van der Waals surface area contributed by atoms with Gasteiger partial charge in [-0.15, -0.1) is 0 Å². The van der Waals surface area contributed by atoms with Gasteiger partial charge in [0.2, 0.25) is 5.91 Å². The van der Waals surface area contributed by atoms with Gasteiger partial charge in [0, 0.05) is 44.4 Å². The van der Waals surface area contributed by atoms with Crippen LogP contribution in [-0.2, 0) is 11.3 Å². The normalized spacial score (nSPS) is 15.0. The SMILES string of the molecule is CCCN(CCC)C(=O)C1CN(Cc2ccc(OCCC(C)C)cc2F)C1. The molecule has 0 aliphatic carbocycles. The lowest BCUT2D eigenvalue weighted by Crippen LogP contribution is -2.54. The van der Waals surface area contributed by atoms with Crippen LogP contribution in [0.3, 0.4) is 0 Å². The molecule has 0 saturated carbocycles. The van der Waals surface area contributed by atoms with Crippen molar-refractivity contribution in [3.8, 4) is 5.75 Å². The molecule has 5 heteroatoms. The highest BCUT2D eigenvalue weighted by atomic mass is 19.1. The van der Waals surface area contributed by atoms with E-state index >= 15 is 0 Å². The molecule has 1 aromatic carbocycles. The summed E-state index contributed by atoms with van der Waals surface area (Å²) < 4.78 is 20.0. The van der Waals surface area contributed by atoms with Gasteiger partial charge >= 0.3 is 0 Å². The van der Waals surface area contributed by atoms with Crippen LogP contribution in [0, 0.1) is 17.7 Å². The highest BCUT2D eigenvalue weighted by Crippen LogP contribution is 2.24. The van der Waals surface area contributed by atoms with E-state index in [-0.39, 0.29) is 17.6 Å². The number of likely N-dealkylation sites (tertiary alicyclic amines) is 1. The van der Waals surface area contributed by atoms with Crippen LogP contribution in [0.5, 0.6) is 5.75 Å². The van der Waals surface area contributed by atoms with E-state index in [4.69, 9.17) is 4.74 Å². The molecular weight excluding hydrogens is 343 g/mol. The largest absolute Gasteiger partial charge is 0.493 e. The fourth-order valence-corrected chi connectivity index (χ4v) is 3.38. The number of hydrogen-bond donors (Lipinski definition) is 0. The summed E-state index contributed by atoms with van der Waals surface area (Å²) in [5.41, 5.74) is 0.663. The summed E-state index contributed by atoms with van der Waals surface area (Å²) in [6.45, 7) is 12.7. The monoisotopic (exact) mass is 378 g/mol. The topological polar surface area (TPSA) is 32.8 Å². The van der Waals surface area contributed by atoms with Crippen molar-refractivity contribution in [1.82, 2.24) is 9.80 Å². The number of carbonyl (C=O) groups is 1. The number of amides is 1. The van der Waals surface area contributed by atoms with Crippen LogP contribution in [0.15, 0.2) is 18.2 Å². The smallest absolute Gasteiger partial charge is 0.228 e. The van der Waals surface area contributed by atoms with Crippen LogP contribution in [0.1, 0.15) is 52.5 Å². The highest BCUT2D eigenvalue weighted by molar-refractivity contribution is 5.80. The molecule has 0 atom stereocenters. The van der Waals surface area contributed by atoms with Gasteiger partial charge in [-0.05, 0) is 31.2 Å². The zero-order valence-electron chi connectivity index (χ0n) is 17.3. The lowest BCUT2D eigenvalue weighted by Gasteiger charge is -2.40. The average molecular weight is 379 g/mol. The Morgan fingerprint density at radius 1 is 1.26 bits per heavy atom. The molecule has 152 valence electrons. The van der Waals surface area contributed by atoms with Crippen molar-refractivity contribution in [3.05, 3.63) is 29.6 Å². The standard InChI is InChI=1S/C22H35FN2O2/c1-5-10-25(11-6-2)22(26)19-15-24(16-19)14-18-7-8-20(13-21(18)23)27-12-9-17(3)4/h7-8,13,17,19H,5-6,9-12,14-16H2,1-4H3. The predicted molar refractivity (Wildman–Crippen MR) is 107 cm³/mol. The second kappa shape index (κ2) is 10.6. The molecule has 1 aliphatic rings. The van der Waals surface area contributed by atoms with E-state index in [1.807, 2.05) is 11.0 Å². The molecule has 27 heavy (non-hydrogen) atoms. The summed E-state index contributed by atoms with van der Waals surface area (Å²) in [4.78, 5) is 16.7. The first-order chi connectivity index (χ1) is 12.9. The Morgan fingerprint density at radius 3 is 2.48 bits per heavy atom. The molecule has 0 spiro atoms. The molecule has 0 aromatic heterocycles. The number of halogens is 1. The van der Waals surface area contributed by atoms with E-state index in [2.05, 4.69) is 32.6 Å². The number of rotatable bonds is 11. The second-order valence-electron chi connectivity index (χ2n) is 8.00. The summed E-state index contributed by atoms with van der Waals surface area (Å²) in [6.07, 6.45) is 2.93. The van der Waals surface area contributed by atoms with Crippen molar-refractivity contribution in [2.75, 3.05) is 32.8 Å². The molecule has 0 radical (unpaired) electrons. The van der Waals surface area contributed by atoms with E-state index < -0.39 is 0 Å². The van der Waals surface area contributed by atoms with Gasteiger partial charge in [-0.1, -0.05) is 33.8 Å². The van der Waals surface area contributed by atoms with Crippen LogP contribution in [0.4, 0.5) is 4.39 Å². The van der Waals surface area contributed by atoms with E-state index in [1.165, 1.54) is 6.07 Å². The van der Waals surface area contributed by atoms with Crippen molar-refractivity contribution in [2.24, 2.45) is 11.8 Å². The Balaban J connectivity index is 1.81. The van der Waals surface area contributed by atoms with Gasteiger partial charge in [0.05, 0.1) is 12.5 Å². The number of ether oxygens (including phenoxy) is 1. The maximum absolute atomic E-state index is 14.4. The van der Waals surface area contributed by atoms with E-state index in [1.54, 1.807) is 6.07 Å². The molecule has 0 bridgehead atoms. The zero-order valence-corrected chi connectivity index (χ0v) is 17.3. The van der Waals surface area contributed by atoms with Crippen LogP contribution >= 0.6 is 0 Å². The quantitative estimate of drug-likeness (QED) is 0.574. The van der Waals surface area contributed by atoms with E-state index in [0.717, 1.165) is 45.4 Å². The van der Waals surface area contributed by atoms with Crippen molar-refractivity contribution in [2.45, 2.75) is 53.5 Å². The zero-order chi connectivity index (χ0) is 19.8. The van der Waals surface area contributed by atoms with Crippen LogP contribution in [0.2, 0.25) is 0 Å². The molecule has 1 fully saturated rings. The van der Waals surface area contributed by atoms with Crippen molar-refractivity contribution in [3.63, 3.8) is 0 Å². The molecule has 2 rings (SSSR count). The van der Waals surface area contributed by atoms with Gasteiger partial charge in [0.1, 0.15) is 11.6 Å². The lowest BCUT2D eigenvalue weighted by molar-refractivity contribution is -0.141. The van der Waals surface area contributed by atoms with Gasteiger partial charge in [-0.25, -0.2) is 4.39 Å². The Labute approximate surface area is 163 Å². The van der Waals surface area contributed by atoms with Crippen LogP contribution in [0.25, 0.3) is 0 Å². The molecule has 1 amide bonds.